The van der Waals surface area contributed by atoms with Gasteiger partial charge in [-0.1, -0.05) is 42.5 Å². The smallest absolute Gasteiger partial charge is 0.122 e. The van der Waals surface area contributed by atoms with E-state index in [1.807, 2.05) is 30.3 Å². The topological polar surface area (TPSA) is 29.5 Å². The third-order valence-corrected chi connectivity index (χ3v) is 4.36. The Morgan fingerprint density at radius 1 is 1.14 bits per heavy atom. The van der Waals surface area contributed by atoms with Crippen LogP contribution in [0.1, 0.15) is 35.4 Å². The summed E-state index contributed by atoms with van der Waals surface area (Å²) in [5.74, 6) is 1.38. The van der Waals surface area contributed by atoms with Crippen LogP contribution in [0, 0.1) is 6.92 Å². The molecule has 0 amide bonds. The highest BCUT2D eigenvalue weighted by Gasteiger charge is 2.23. The van der Waals surface area contributed by atoms with Gasteiger partial charge in [-0.05, 0) is 54.9 Å². The first-order valence-corrected chi connectivity index (χ1v) is 7.68. The number of rotatable bonds is 4. The Kier molecular flexibility index (Phi) is 4.26. The summed E-state index contributed by atoms with van der Waals surface area (Å²) >= 11 is 0. The summed E-state index contributed by atoms with van der Waals surface area (Å²) in [6.45, 7) is 2.85. The molecule has 0 saturated heterocycles. The normalized spacial score (nSPS) is 18.7. The fraction of sp³-hybridized carbons (Fsp3) is 0.368. The fourth-order valence-electron chi connectivity index (χ4n) is 3.17. The van der Waals surface area contributed by atoms with E-state index in [9.17, 15) is 5.11 Å². The summed E-state index contributed by atoms with van der Waals surface area (Å²) in [4.78, 5) is 0. The average Bonchev–Trinajstić information content (AvgIpc) is 2.50. The number of aliphatic hydroxyl groups excluding tert-OH is 1. The molecule has 1 aliphatic rings. The number of aryl methyl sites for hydroxylation is 1. The maximum atomic E-state index is 10.5. The predicted molar refractivity (Wildman–Crippen MR) is 84.8 cm³/mol. The van der Waals surface area contributed by atoms with Gasteiger partial charge >= 0.3 is 0 Å². The lowest BCUT2D eigenvalue weighted by molar-refractivity contribution is 0.143. The Hall–Kier alpha value is -1.80. The first-order valence-electron chi connectivity index (χ1n) is 7.68. The van der Waals surface area contributed by atoms with Crippen LogP contribution in [0.3, 0.4) is 0 Å². The van der Waals surface area contributed by atoms with Crippen molar-refractivity contribution in [1.82, 2.24) is 0 Å². The van der Waals surface area contributed by atoms with Crippen molar-refractivity contribution < 1.29 is 9.84 Å². The zero-order chi connectivity index (χ0) is 14.7. The molecule has 21 heavy (non-hydrogen) atoms. The Bertz CT molecular complexity index is 606. The standard InChI is InChI=1S/C19H22O2/c1-14-6-2-3-7-15(14)12-17(20)13-16-10-11-21-19-9-5-4-8-18(16)19/h2-9,16-17,20H,10-13H2,1H3. The van der Waals surface area contributed by atoms with Crippen molar-refractivity contribution in [2.75, 3.05) is 6.61 Å². The molecule has 1 aliphatic heterocycles. The van der Waals surface area contributed by atoms with Crippen LogP contribution in [-0.2, 0) is 6.42 Å². The molecule has 0 radical (unpaired) electrons. The fourth-order valence-corrected chi connectivity index (χ4v) is 3.17. The minimum Gasteiger partial charge on any atom is -0.493 e. The van der Waals surface area contributed by atoms with Crippen molar-refractivity contribution in [2.24, 2.45) is 0 Å². The molecule has 0 aromatic heterocycles. The molecule has 2 unspecified atom stereocenters. The van der Waals surface area contributed by atoms with Crippen LogP contribution in [0.15, 0.2) is 48.5 Å². The molecule has 1 N–H and O–H groups in total. The van der Waals surface area contributed by atoms with E-state index in [4.69, 9.17) is 4.74 Å². The van der Waals surface area contributed by atoms with Gasteiger partial charge in [0.15, 0.2) is 0 Å². The lowest BCUT2D eigenvalue weighted by Crippen LogP contribution is -2.21. The second kappa shape index (κ2) is 6.31. The van der Waals surface area contributed by atoms with Gasteiger partial charge < -0.3 is 9.84 Å². The van der Waals surface area contributed by atoms with Gasteiger partial charge in [0.25, 0.3) is 0 Å². The number of aliphatic hydroxyl groups is 1. The van der Waals surface area contributed by atoms with Gasteiger partial charge in [0.05, 0.1) is 12.7 Å². The maximum absolute atomic E-state index is 10.5. The summed E-state index contributed by atoms with van der Waals surface area (Å²) in [5, 5.41) is 10.5. The Balaban J connectivity index is 1.69. The molecule has 0 aliphatic carbocycles. The van der Waals surface area contributed by atoms with E-state index < -0.39 is 0 Å². The molecule has 0 bridgehead atoms. The zero-order valence-electron chi connectivity index (χ0n) is 12.5. The van der Waals surface area contributed by atoms with E-state index in [1.54, 1.807) is 0 Å². The van der Waals surface area contributed by atoms with E-state index >= 15 is 0 Å². The van der Waals surface area contributed by atoms with Crippen LogP contribution >= 0.6 is 0 Å². The SMILES string of the molecule is Cc1ccccc1CC(O)CC1CCOc2ccccc21. The van der Waals surface area contributed by atoms with Crippen LogP contribution in [0.25, 0.3) is 0 Å². The molecular weight excluding hydrogens is 260 g/mol. The van der Waals surface area contributed by atoms with Crippen molar-refractivity contribution in [3.8, 4) is 5.75 Å². The van der Waals surface area contributed by atoms with Crippen LogP contribution < -0.4 is 4.74 Å². The van der Waals surface area contributed by atoms with E-state index in [0.717, 1.165) is 31.6 Å². The van der Waals surface area contributed by atoms with Crippen LogP contribution in [0.2, 0.25) is 0 Å². The zero-order valence-corrected chi connectivity index (χ0v) is 12.5. The minimum absolute atomic E-state index is 0.303. The Morgan fingerprint density at radius 2 is 1.90 bits per heavy atom. The number of para-hydroxylation sites is 1. The van der Waals surface area contributed by atoms with E-state index in [-0.39, 0.29) is 6.10 Å². The molecule has 2 heteroatoms. The van der Waals surface area contributed by atoms with E-state index in [1.165, 1.54) is 16.7 Å². The summed E-state index contributed by atoms with van der Waals surface area (Å²) in [6, 6.07) is 16.5. The predicted octanol–water partition coefficient (Wildman–Crippen LogP) is 3.85. The van der Waals surface area contributed by atoms with Gasteiger partial charge in [-0.2, -0.15) is 0 Å². The van der Waals surface area contributed by atoms with Gasteiger partial charge in [-0.15, -0.1) is 0 Å². The van der Waals surface area contributed by atoms with E-state index in [0.29, 0.717) is 5.92 Å². The maximum Gasteiger partial charge on any atom is 0.122 e. The second-order valence-electron chi connectivity index (χ2n) is 5.89. The first-order chi connectivity index (χ1) is 10.2. The number of benzene rings is 2. The van der Waals surface area contributed by atoms with Crippen molar-refractivity contribution in [3.63, 3.8) is 0 Å². The molecule has 2 aromatic rings. The molecule has 0 fully saturated rings. The number of fused-ring (bicyclic) bond motifs is 1. The number of ether oxygens (including phenoxy) is 1. The van der Waals surface area contributed by atoms with Crippen LogP contribution in [0.4, 0.5) is 0 Å². The molecule has 0 saturated carbocycles. The molecule has 2 atom stereocenters. The third-order valence-electron chi connectivity index (χ3n) is 4.36. The van der Waals surface area contributed by atoms with Gasteiger partial charge in [-0.3, -0.25) is 0 Å². The van der Waals surface area contributed by atoms with Crippen molar-refractivity contribution >= 4 is 0 Å². The molecule has 2 aromatic carbocycles. The average molecular weight is 282 g/mol. The summed E-state index contributed by atoms with van der Waals surface area (Å²) in [6.07, 6.45) is 2.21. The molecular formula is C19H22O2. The second-order valence-corrected chi connectivity index (χ2v) is 5.89. The highest BCUT2D eigenvalue weighted by Crippen LogP contribution is 2.36. The molecule has 0 spiro atoms. The summed E-state index contributed by atoms with van der Waals surface area (Å²) in [5.41, 5.74) is 3.74. The Morgan fingerprint density at radius 3 is 2.76 bits per heavy atom. The highest BCUT2D eigenvalue weighted by molar-refractivity contribution is 5.38. The monoisotopic (exact) mass is 282 g/mol. The first kappa shape index (κ1) is 14.2. The minimum atomic E-state index is -0.303. The molecule has 2 nitrogen and oxygen atoms in total. The molecule has 110 valence electrons. The molecule has 3 rings (SSSR count). The summed E-state index contributed by atoms with van der Waals surface area (Å²) in [7, 11) is 0. The Labute approximate surface area is 126 Å². The lowest BCUT2D eigenvalue weighted by atomic mass is 9.86. The van der Waals surface area contributed by atoms with Crippen molar-refractivity contribution in [3.05, 3.63) is 65.2 Å². The van der Waals surface area contributed by atoms with Gasteiger partial charge in [-0.25, -0.2) is 0 Å². The summed E-state index contributed by atoms with van der Waals surface area (Å²) < 4.78 is 5.69. The van der Waals surface area contributed by atoms with Gasteiger partial charge in [0, 0.05) is 0 Å². The largest absolute Gasteiger partial charge is 0.493 e. The van der Waals surface area contributed by atoms with E-state index in [2.05, 4.69) is 25.1 Å². The molecule has 1 heterocycles. The van der Waals surface area contributed by atoms with Crippen molar-refractivity contribution in [2.45, 2.75) is 38.2 Å². The lowest BCUT2D eigenvalue weighted by Gasteiger charge is -2.27. The van der Waals surface area contributed by atoms with Gasteiger partial charge in [0.2, 0.25) is 0 Å². The third kappa shape index (κ3) is 3.27. The highest BCUT2D eigenvalue weighted by atomic mass is 16.5. The van der Waals surface area contributed by atoms with Crippen LogP contribution in [-0.4, -0.2) is 17.8 Å². The van der Waals surface area contributed by atoms with Crippen LogP contribution in [0.5, 0.6) is 5.75 Å². The number of hydrogen-bond donors (Lipinski definition) is 1. The number of hydrogen-bond acceptors (Lipinski definition) is 2. The quantitative estimate of drug-likeness (QED) is 0.923. The van der Waals surface area contributed by atoms with Crippen molar-refractivity contribution in [1.29, 1.82) is 0 Å². The van der Waals surface area contributed by atoms with Gasteiger partial charge in [0.1, 0.15) is 5.75 Å².